The van der Waals surface area contributed by atoms with Gasteiger partial charge in [0.2, 0.25) is 5.91 Å². The summed E-state index contributed by atoms with van der Waals surface area (Å²) in [4.78, 5) is 25.1. The first-order chi connectivity index (χ1) is 10.5. The average molecular weight is 311 g/mol. The molecule has 22 heavy (non-hydrogen) atoms. The van der Waals surface area contributed by atoms with E-state index >= 15 is 0 Å². The van der Waals surface area contributed by atoms with E-state index in [0.29, 0.717) is 13.0 Å². The second kappa shape index (κ2) is 9.15. The van der Waals surface area contributed by atoms with Crippen molar-refractivity contribution in [2.75, 3.05) is 33.9 Å². The van der Waals surface area contributed by atoms with Crippen LogP contribution in [0, 0.1) is 11.7 Å². The van der Waals surface area contributed by atoms with Crippen molar-refractivity contribution in [1.82, 2.24) is 4.90 Å². The van der Waals surface area contributed by atoms with Crippen molar-refractivity contribution in [3.63, 3.8) is 0 Å². The Kier molecular flexibility index (Phi) is 7.52. The maximum absolute atomic E-state index is 12.9. The van der Waals surface area contributed by atoms with Crippen LogP contribution < -0.4 is 0 Å². The Morgan fingerprint density at radius 2 is 1.86 bits per heavy atom. The summed E-state index contributed by atoms with van der Waals surface area (Å²) in [5.41, 5.74) is 0.919. The maximum Gasteiger partial charge on any atom is 0.310 e. The summed E-state index contributed by atoms with van der Waals surface area (Å²) < 4.78 is 22.4. The standard InChI is InChI=1S/C16H22FNO4/c1-12(16(20)22-3)10-18(15(19)11-21-2)9-8-13-4-6-14(17)7-5-13/h4-7,12H,8-11H2,1-3H3. The highest BCUT2D eigenvalue weighted by Crippen LogP contribution is 2.08. The third-order valence-electron chi connectivity index (χ3n) is 3.30. The van der Waals surface area contributed by atoms with E-state index in [9.17, 15) is 14.0 Å². The van der Waals surface area contributed by atoms with Gasteiger partial charge in [-0.05, 0) is 24.1 Å². The maximum atomic E-state index is 12.9. The Labute approximate surface area is 130 Å². The van der Waals surface area contributed by atoms with Crippen LogP contribution in [0.5, 0.6) is 0 Å². The lowest BCUT2D eigenvalue weighted by atomic mass is 10.1. The normalized spacial score (nSPS) is 11.8. The first-order valence-electron chi connectivity index (χ1n) is 7.07. The van der Waals surface area contributed by atoms with Crippen LogP contribution in [0.1, 0.15) is 12.5 Å². The van der Waals surface area contributed by atoms with Crippen LogP contribution >= 0.6 is 0 Å². The van der Waals surface area contributed by atoms with Crippen molar-refractivity contribution in [2.45, 2.75) is 13.3 Å². The molecule has 0 aliphatic heterocycles. The third kappa shape index (κ3) is 5.81. The fourth-order valence-electron chi connectivity index (χ4n) is 2.05. The van der Waals surface area contributed by atoms with Crippen LogP contribution in [0.2, 0.25) is 0 Å². The lowest BCUT2D eigenvalue weighted by Gasteiger charge is -2.25. The summed E-state index contributed by atoms with van der Waals surface area (Å²) >= 11 is 0. The highest BCUT2D eigenvalue weighted by atomic mass is 19.1. The number of hydrogen-bond acceptors (Lipinski definition) is 4. The van der Waals surface area contributed by atoms with Crippen LogP contribution in [-0.4, -0.2) is 50.7 Å². The van der Waals surface area contributed by atoms with Crippen molar-refractivity contribution in [2.24, 2.45) is 5.92 Å². The minimum Gasteiger partial charge on any atom is -0.469 e. The van der Waals surface area contributed by atoms with Crippen LogP contribution in [-0.2, 0) is 25.5 Å². The van der Waals surface area contributed by atoms with Crippen LogP contribution in [0.15, 0.2) is 24.3 Å². The van der Waals surface area contributed by atoms with E-state index in [-0.39, 0.29) is 30.8 Å². The van der Waals surface area contributed by atoms with Crippen molar-refractivity contribution in [3.05, 3.63) is 35.6 Å². The van der Waals surface area contributed by atoms with Gasteiger partial charge in [-0.15, -0.1) is 0 Å². The quantitative estimate of drug-likeness (QED) is 0.685. The molecule has 1 aromatic carbocycles. The highest BCUT2D eigenvalue weighted by molar-refractivity contribution is 5.79. The summed E-state index contributed by atoms with van der Waals surface area (Å²) in [6.07, 6.45) is 0.573. The van der Waals surface area contributed by atoms with E-state index in [1.165, 1.54) is 26.4 Å². The molecular weight excluding hydrogens is 289 g/mol. The molecule has 1 unspecified atom stereocenters. The second-order valence-electron chi connectivity index (χ2n) is 5.07. The number of methoxy groups -OCH3 is 2. The van der Waals surface area contributed by atoms with E-state index in [1.54, 1.807) is 24.0 Å². The van der Waals surface area contributed by atoms with E-state index < -0.39 is 5.92 Å². The van der Waals surface area contributed by atoms with Gasteiger partial charge in [0.25, 0.3) is 0 Å². The lowest BCUT2D eigenvalue weighted by Crippen LogP contribution is -2.40. The summed E-state index contributed by atoms with van der Waals surface area (Å²) in [5, 5.41) is 0. The molecule has 1 rings (SSSR count). The number of carbonyl (C=O) groups excluding carboxylic acids is 2. The molecule has 1 amide bonds. The van der Waals surface area contributed by atoms with Gasteiger partial charge in [-0.2, -0.15) is 0 Å². The molecule has 0 aromatic heterocycles. The Morgan fingerprint density at radius 1 is 1.23 bits per heavy atom. The van der Waals surface area contributed by atoms with Crippen LogP contribution in [0.4, 0.5) is 4.39 Å². The van der Waals surface area contributed by atoms with Gasteiger partial charge in [0.15, 0.2) is 0 Å². The van der Waals surface area contributed by atoms with Gasteiger partial charge >= 0.3 is 5.97 Å². The molecule has 122 valence electrons. The molecule has 0 fully saturated rings. The molecule has 0 bridgehead atoms. The van der Waals surface area contributed by atoms with Crippen molar-refractivity contribution < 1.29 is 23.5 Å². The zero-order valence-corrected chi connectivity index (χ0v) is 13.2. The fraction of sp³-hybridized carbons (Fsp3) is 0.500. The van der Waals surface area contributed by atoms with Gasteiger partial charge in [0.1, 0.15) is 12.4 Å². The average Bonchev–Trinajstić information content (AvgIpc) is 2.52. The summed E-state index contributed by atoms with van der Waals surface area (Å²) in [7, 11) is 2.76. The van der Waals surface area contributed by atoms with E-state index in [2.05, 4.69) is 4.74 Å². The Hall–Kier alpha value is -1.95. The zero-order chi connectivity index (χ0) is 16.5. The zero-order valence-electron chi connectivity index (χ0n) is 13.2. The molecule has 0 N–H and O–H groups in total. The van der Waals surface area contributed by atoms with Gasteiger partial charge in [0.05, 0.1) is 13.0 Å². The highest BCUT2D eigenvalue weighted by Gasteiger charge is 2.21. The van der Waals surface area contributed by atoms with Crippen LogP contribution in [0.25, 0.3) is 0 Å². The fourth-order valence-corrected chi connectivity index (χ4v) is 2.05. The molecule has 0 aliphatic rings. The lowest BCUT2D eigenvalue weighted by molar-refractivity contribution is -0.147. The number of amides is 1. The topological polar surface area (TPSA) is 55.8 Å². The third-order valence-corrected chi connectivity index (χ3v) is 3.30. The van der Waals surface area contributed by atoms with E-state index in [1.807, 2.05) is 0 Å². The van der Waals surface area contributed by atoms with Gasteiger partial charge in [-0.25, -0.2) is 4.39 Å². The van der Waals surface area contributed by atoms with Crippen molar-refractivity contribution in [1.29, 1.82) is 0 Å². The predicted molar refractivity (Wildman–Crippen MR) is 79.7 cm³/mol. The largest absolute Gasteiger partial charge is 0.469 e. The van der Waals surface area contributed by atoms with Gasteiger partial charge in [-0.1, -0.05) is 19.1 Å². The van der Waals surface area contributed by atoms with Gasteiger partial charge in [-0.3, -0.25) is 9.59 Å². The molecule has 0 spiro atoms. The van der Waals surface area contributed by atoms with E-state index in [4.69, 9.17) is 4.74 Å². The minimum absolute atomic E-state index is 0.0443. The Balaban J connectivity index is 2.66. The number of esters is 1. The Bertz CT molecular complexity index is 489. The molecule has 0 saturated carbocycles. The van der Waals surface area contributed by atoms with Crippen LogP contribution in [0.3, 0.4) is 0 Å². The molecule has 0 radical (unpaired) electrons. The van der Waals surface area contributed by atoms with Crippen molar-refractivity contribution in [3.8, 4) is 0 Å². The first kappa shape index (κ1) is 18.1. The molecule has 1 atom stereocenters. The molecular formula is C16H22FNO4. The van der Waals surface area contributed by atoms with E-state index in [0.717, 1.165) is 5.56 Å². The van der Waals surface area contributed by atoms with Gasteiger partial charge in [0, 0.05) is 20.2 Å². The monoisotopic (exact) mass is 311 g/mol. The predicted octanol–water partition coefficient (Wildman–Crippen LogP) is 1.65. The molecule has 5 nitrogen and oxygen atoms in total. The Morgan fingerprint density at radius 3 is 2.41 bits per heavy atom. The number of carbonyl (C=O) groups is 2. The first-order valence-corrected chi connectivity index (χ1v) is 7.07. The number of halogens is 1. The molecule has 0 saturated heterocycles. The number of hydrogen-bond donors (Lipinski definition) is 0. The molecule has 0 heterocycles. The van der Waals surface area contributed by atoms with Crippen molar-refractivity contribution >= 4 is 11.9 Å². The molecule has 6 heteroatoms. The SMILES string of the molecule is COCC(=O)N(CCc1ccc(F)cc1)CC(C)C(=O)OC. The summed E-state index contributed by atoms with van der Waals surface area (Å²) in [5.74, 6) is -1.27. The molecule has 0 aliphatic carbocycles. The summed E-state index contributed by atoms with van der Waals surface area (Å²) in [6.45, 7) is 2.35. The minimum atomic E-state index is -0.418. The number of ether oxygens (including phenoxy) is 2. The number of rotatable bonds is 8. The number of benzene rings is 1. The second-order valence-corrected chi connectivity index (χ2v) is 5.07. The molecule has 1 aromatic rings. The van der Waals surface area contributed by atoms with Gasteiger partial charge < -0.3 is 14.4 Å². The summed E-state index contributed by atoms with van der Waals surface area (Å²) in [6, 6.07) is 6.12. The smallest absolute Gasteiger partial charge is 0.310 e. The number of nitrogens with zero attached hydrogens (tertiary/aromatic N) is 1.